The van der Waals surface area contributed by atoms with Crippen LogP contribution in [0.25, 0.3) is 0 Å². The van der Waals surface area contributed by atoms with E-state index in [0.717, 1.165) is 25.7 Å². The zero-order chi connectivity index (χ0) is 15.0. The number of methoxy groups -OCH3 is 1. The molecule has 2 atom stereocenters. The third-order valence-electron chi connectivity index (χ3n) is 4.74. The van der Waals surface area contributed by atoms with E-state index in [2.05, 4.69) is 0 Å². The first-order valence-electron chi connectivity index (χ1n) is 7.51. The Balaban J connectivity index is 1.76. The molecule has 116 valence electrons. The molecule has 2 aliphatic rings. The van der Waals surface area contributed by atoms with Gasteiger partial charge in [0, 0.05) is 31.2 Å². The molecule has 5 heteroatoms. The molecule has 1 saturated carbocycles. The molecular weight excluding hydrogens is 272 g/mol. The van der Waals surface area contributed by atoms with Crippen LogP contribution in [0.3, 0.4) is 0 Å². The molecule has 3 rings (SSSR count). The lowest BCUT2D eigenvalue weighted by Gasteiger charge is -2.39. The van der Waals surface area contributed by atoms with E-state index in [4.69, 9.17) is 9.47 Å². The van der Waals surface area contributed by atoms with Crippen LogP contribution >= 0.6 is 0 Å². The standard InChI is InChI=1S/C16H22O5/c1-20-11-4-2-9(3-5-11)16-14(19)8-12-13(18)6-10(17)7-15(12)21-16/h6-7,9,11,14,16-19H,2-5,8H2,1H3/t9?,11?,14-,16-/m0/s1. The number of phenols is 2. The maximum atomic E-state index is 10.4. The Labute approximate surface area is 124 Å². The third kappa shape index (κ3) is 2.80. The fourth-order valence-electron chi connectivity index (χ4n) is 3.54. The molecule has 0 unspecified atom stereocenters. The van der Waals surface area contributed by atoms with E-state index >= 15 is 0 Å². The Bertz CT molecular complexity index is 508. The molecule has 1 aromatic rings. The molecule has 1 fully saturated rings. The lowest BCUT2D eigenvalue weighted by atomic mass is 9.80. The highest BCUT2D eigenvalue weighted by Gasteiger charge is 2.38. The quantitative estimate of drug-likeness (QED) is 0.777. The van der Waals surface area contributed by atoms with Gasteiger partial charge in [-0.1, -0.05) is 0 Å². The number of aliphatic hydroxyl groups is 1. The summed E-state index contributed by atoms with van der Waals surface area (Å²) in [7, 11) is 1.73. The fourth-order valence-corrected chi connectivity index (χ4v) is 3.54. The van der Waals surface area contributed by atoms with Gasteiger partial charge < -0.3 is 24.8 Å². The van der Waals surface area contributed by atoms with Crippen LogP contribution in [0, 0.1) is 5.92 Å². The Kier molecular flexibility index (Phi) is 3.95. The van der Waals surface area contributed by atoms with Crippen molar-refractivity contribution in [2.24, 2.45) is 5.92 Å². The highest BCUT2D eigenvalue weighted by atomic mass is 16.5. The normalized spacial score (nSPS) is 32.3. The van der Waals surface area contributed by atoms with E-state index in [0.29, 0.717) is 23.8 Å². The summed E-state index contributed by atoms with van der Waals surface area (Å²) in [4.78, 5) is 0. The summed E-state index contributed by atoms with van der Waals surface area (Å²) in [5.41, 5.74) is 0.571. The molecule has 1 aliphatic carbocycles. The van der Waals surface area contributed by atoms with Crippen LogP contribution in [0.4, 0.5) is 0 Å². The van der Waals surface area contributed by atoms with Gasteiger partial charge >= 0.3 is 0 Å². The first-order chi connectivity index (χ1) is 10.1. The van der Waals surface area contributed by atoms with E-state index in [1.54, 1.807) is 7.11 Å². The minimum absolute atomic E-state index is 0.0226. The van der Waals surface area contributed by atoms with E-state index in [1.807, 2.05) is 0 Å². The van der Waals surface area contributed by atoms with Gasteiger partial charge in [0.05, 0.1) is 12.2 Å². The Morgan fingerprint density at radius 2 is 1.86 bits per heavy atom. The van der Waals surface area contributed by atoms with Crippen molar-refractivity contribution in [2.75, 3.05) is 7.11 Å². The Morgan fingerprint density at radius 1 is 1.14 bits per heavy atom. The molecule has 3 N–H and O–H groups in total. The van der Waals surface area contributed by atoms with Crippen molar-refractivity contribution < 1.29 is 24.8 Å². The molecule has 0 aromatic heterocycles. The summed E-state index contributed by atoms with van der Waals surface area (Å²) in [5, 5.41) is 29.8. The molecule has 0 spiro atoms. The lowest BCUT2D eigenvalue weighted by molar-refractivity contribution is -0.0390. The van der Waals surface area contributed by atoms with Gasteiger partial charge in [-0.25, -0.2) is 0 Å². The van der Waals surface area contributed by atoms with Gasteiger partial charge in [-0.15, -0.1) is 0 Å². The topological polar surface area (TPSA) is 79.2 Å². The van der Waals surface area contributed by atoms with E-state index in [1.165, 1.54) is 12.1 Å². The highest BCUT2D eigenvalue weighted by molar-refractivity contribution is 5.51. The summed E-state index contributed by atoms with van der Waals surface area (Å²) in [6.45, 7) is 0. The number of aliphatic hydroxyl groups excluding tert-OH is 1. The van der Waals surface area contributed by atoms with Gasteiger partial charge in [0.25, 0.3) is 0 Å². The van der Waals surface area contributed by atoms with Crippen molar-refractivity contribution in [3.8, 4) is 17.2 Å². The molecule has 1 heterocycles. The van der Waals surface area contributed by atoms with Crippen molar-refractivity contribution in [1.82, 2.24) is 0 Å². The lowest BCUT2D eigenvalue weighted by Crippen LogP contribution is -2.44. The van der Waals surface area contributed by atoms with E-state index < -0.39 is 6.10 Å². The summed E-state index contributed by atoms with van der Waals surface area (Å²) in [6, 6.07) is 2.79. The second-order valence-electron chi connectivity index (χ2n) is 6.07. The number of fused-ring (bicyclic) bond motifs is 1. The fraction of sp³-hybridized carbons (Fsp3) is 0.625. The molecule has 5 nitrogen and oxygen atoms in total. The van der Waals surface area contributed by atoms with Crippen molar-refractivity contribution >= 4 is 0 Å². The number of benzene rings is 1. The summed E-state index contributed by atoms with van der Waals surface area (Å²) < 4.78 is 11.3. The van der Waals surface area contributed by atoms with E-state index in [9.17, 15) is 15.3 Å². The molecule has 1 aromatic carbocycles. The van der Waals surface area contributed by atoms with Gasteiger partial charge in [0.2, 0.25) is 0 Å². The SMILES string of the molecule is COC1CCC([C@@H]2Oc3cc(O)cc(O)c3C[C@@H]2O)CC1. The molecule has 21 heavy (non-hydrogen) atoms. The van der Waals surface area contributed by atoms with Gasteiger partial charge in [-0.3, -0.25) is 0 Å². The number of ether oxygens (including phenoxy) is 2. The second-order valence-corrected chi connectivity index (χ2v) is 6.07. The van der Waals surface area contributed by atoms with Crippen LogP contribution < -0.4 is 4.74 Å². The number of aromatic hydroxyl groups is 2. The minimum Gasteiger partial charge on any atom is -0.508 e. The predicted octanol–water partition coefficient (Wildman–Crippen LogP) is 1.97. The summed E-state index contributed by atoms with van der Waals surface area (Å²) >= 11 is 0. The molecule has 0 radical (unpaired) electrons. The summed E-state index contributed by atoms with van der Waals surface area (Å²) in [6.07, 6.45) is 3.63. The zero-order valence-electron chi connectivity index (χ0n) is 12.2. The highest BCUT2D eigenvalue weighted by Crippen LogP contribution is 2.41. The average Bonchev–Trinajstić information content (AvgIpc) is 2.48. The van der Waals surface area contributed by atoms with Crippen molar-refractivity contribution in [1.29, 1.82) is 0 Å². The molecule has 0 saturated heterocycles. The van der Waals surface area contributed by atoms with Crippen LogP contribution in [-0.4, -0.2) is 40.7 Å². The molecule has 0 bridgehead atoms. The van der Waals surface area contributed by atoms with Crippen LogP contribution in [0.15, 0.2) is 12.1 Å². The van der Waals surface area contributed by atoms with Crippen LogP contribution in [-0.2, 0) is 11.2 Å². The van der Waals surface area contributed by atoms with Gasteiger partial charge in [-0.2, -0.15) is 0 Å². The van der Waals surface area contributed by atoms with Gasteiger partial charge in [0.15, 0.2) is 0 Å². The number of hydrogen-bond donors (Lipinski definition) is 3. The number of phenolic OH excluding ortho intramolecular Hbond substituents is 2. The molecule has 0 amide bonds. The van der Waals surface area contributed by atoms with Crippen molar-refractivity contribution in [3.05, 3.63) is 17.7 Å². The van der Waals surface area contributed by atoms with Gasteiger partial charge in [0.1, 0.15) is 23.4 Å². The smallest absolute Gasteiger partial charge is 0.130 e. The number of hydrogen-bond acceptors (Lipinski definition) is 5. The Hall–Kier alpha value is -1.46. The third-order valence-corrected chi connectivity index (χ3v) is 4.74. The maximum Gasteiger partial charge on any atom is 0.130 e. The largest absolute Gasteiger partial charge is 0.508 e. The number of rotatable bonds is 2. The Morgan fingerprint density at radius 3 is 2.52 bits per heavy atom. The monoisotopic (exact) mass is 294 g/mol. The van der Waals surface area contributed by atoms with Crippen LogP contribution in [0.1, 0.15) is 31.2 Å². The van der Waals surface area contributed by atoms with Crippen molar-refractivity contribution in [2.45, 2.75) is 50.4 Å². The zero-order valence-corrected chi connectivity index (χ0v) is 12.2. The van der Waals surface area contributed by atoms with Crippen molar-refractivity contribution in [3.63, 3.8) is 0 Å². The molecular formula is C16H22O5. The first kappa shape index (κ1) is 14.5. The van der Waals surface area contributed by atoms with E-state index in [-0.39, 0.29) is 23.5 Å². The van der Waals surface area contributed by atoms with Crippen LogP contribution in [0.5, 0.6) is 17.2 Å². The summed E-state index contributed by atoms with van der Waals surface area (Å²) in [5.74, 6) is 0.718. The first-order valence-corrected chi connectivity index (χ1v) is 7.51. The van der Waals surface area contributed by atoms with Crippen LogP contribution in [0.2, 0.25) is 0 Å². The maximum absolute atomic E-state index is 10.4. The van der Waals surface area contributed by atoms with Gasteiger partial charge in [-0.05, 0) is 31.6 Å². The average molecular weight is 294 g/mol. The predicted molar refractivity (Wildman–Crippen MR) is 76.7 cm³/mol. The minimum atomic E-state index is -0.628. The second kappa shape index (κ2) is 5.73. The molecule has 1 aliphatic heterocycles.